The van der Waals surface area contributed by atoms with Crippen LogP contribution in [0.15, 0.2) is 29.1 Å². The highest BCUT2D eigenvalue weighted by atomic mass is 32.1. The molecule has 0 saturated carbocycles. The van der Waals surface area contributed by atoms with Crippen LogP contribution < -0.4 is 16.2 Å². The maximum atomic E-state index is 13.1. The number of H-pyrrole nitrogens is 1. The molecule has 0 aliphatic rings. The smallest absolute Gasteiger partial charge is 0.383 e. The molecule has 1 heterocycles. The monoisotopic (exact) mass is 345 g/mol. The number of rotatable bonds is 4. The van der Waals surface area contributed by atoms with Gasteiger partial charge in [0.1, 0.15) is 0 Å². The summed E-state index contributed by atoms with van der Waals surface area (Å²) < 4.78 is 44.1. The summed E-state index contributed by atoms with van der Waals surface area (Å²) in [5.74, 6) is 0. The van der Waals surface area contributed by atoms with E-state index in [2.05, 4.69) is 15.6 Å². The molecule has 0 unspecified atom stereocenters. The van der Waals surface area contributed by atoms with Crippen LogP contribution in [-0.2, 0) is 10.9 Å². The Morgan fingerprint density at radius 1 is 1.35 bits per heavy atom. The van der Waals surface area contributed by atoms with Crippen LogP contribution >= 0.6 is 12.2 Å². The summed E-state index contributed by atoms with van der Waals surface area (Å²) in [7, 11) is 1.54. The largest absolute Gasteiger partial charge is 0.417 e. The van der Waals surface area contributed by atoms with Gasteiger partial charge < -0.3 is 20.4 Å². The molecule has 1 aromatic heterocycles. The van der Waals surface area contributed by atoms with Crippen LogP contribution in [0.2, 0.25) is 0 Å². The first kappa shape index (κ1) is 17.2. The zero-order chi connectivity index (χ0) is 17.0. The molecule has 124 valence electrons. The van der Waals surface area contributed by atoms with Crippen molar-refractivity contribution in [3.63, 3.8) is 0 Å². The van der Waals surface area contributed by atoms with Gasteiger partial charge >= 0.3 is 6.18 Å². The van der Waals surface area contributed by atoms with Crippen molar-refractivity contribution in [2.75, 3.05) is 25.6 Å². The first-order valence-electron chi connectivity index (χ1n) is 6.59. The lowest BCUT2D eigenvalue weighted by atomic mass is 10.1. The van der Waals surface area contributed by atoms with Gasteiger partial charge in [-0.1, -0.05) is 0 Å². The van der Waals surface area contributed by atoms with Crippen LogP contribution in [0.4, 0.5) is 18.9 Å². The van der Waals surface area contributed by atoms with Gasteiger partial charge in [-0.25, -0.2) is 0 Å². The second kappa shape index (κ2) is 6.97. The molecule has 0 amide bonds. The molecule has 23 heavy (non-hydrogen) atoms. The fourth-order valence-electron chi connectivity index (χ4n) is 2.01. The number of benzene rings is 1. The molecule has 0 aliphatic heterocycles. The topological polar surface area (TPSA) is 66.2 Å². The van der Waals surface area contributed by atoms with E-state index in [-0.39, 0.29) is 16.0 Å². The highest BCUT2D eigenvalue weighted by molar-refractivity contribution is 7.80. The number of pyridine rings is 1. The second-order valence-electron chi connectivity index (χ2n) is 4.68. The van der Waals surface area contributed by atoms with E-state index in [1.807, 2.05) is 0 Å². The summed E-state index contributed by atoms with van der Waals surface area (Å²) in [6.07, 6.45) is -4.62. The van der Waals surface area contributed by atoms with Crippen molar-refractivity contribution >= 4 is 33.9 Å². The number of fused-ring (bicyclic) bond motifs is 1. The van der Waals surface area contributed by atoms with E-state index < -0.39 is 17.3 Å². The van der Waals surface area contributed by atoms with E-state index in [4.69, 9.17) is 17.0 Å². The van der Waals surface area contributed by atoms with Crippen LogP contribution in [0.25, 0.3) is 10.9 Å². The maximum Gasteiger partial charge on any atom is 0.417 e. The first-order valence-corrected chi connectivity index (χ1v) is 7.00. The summed E-state index contributed by atoms with van der Waals surface area (Å²) >= 11 is 5.04. The van der Waals surface area contributed by atoms with Gasteiger partial charge in [-0.2, -0.15) is 13.2 Å². The van der Waals surface area contributed by atoms with E-state index in [1.165, 1.54) is 18.2 Å². The van der Waals surface area contributed by atoms with Crippen molar-refractivity contribution in [2.45, 2.75) is 6.18 Å². The zero-order valence-electron chi connectivity index (χ0n) is 12.1. The lowest BCUT2D eigenvalue weighted by Crippen LogP contribution is -2.31. The Hall–Kier alpha value is -2.13. The van der Waals surface area contributed by atoms with Gasteiger partial charge in [-0.15, -0.1) is 0 Å². The summed E-state index contributed by atoms with van der Waals surface area (Å²) in [5, 5.41) is 5.79. The average Bonchev–Trinajstić information content (AvgIpc) is 2.46. The average molecular weight is 345 g/mol. The van der Waals surface area contributed by atoms with Gasteiger partial charge in [-0.05, 0) is 30.4 Å². The first-order chi connectivity index (χ1) is 10.8. The summed E-state index contributed by atoms with van der Waals surface area (Å²) in [4.78, 5) is 13.7. The van der Waals surface area contributed by atoms with Crippen molar-refractivity contribution in [3.8, 4) is 0 Å². The Morgan fingerprint density at radius 3 is 2.74 bits per heavy atom. The third-order valence-corrected chi connectivity index (χ3v) is 3.24. The van der Waals surface area contributed by atoms with Crippen molar-refractivity contribution < 1.29 is 17.9 Å². The zero-order valence-corrected chi connectivity index (χ0v) is 12.9. The number of nitrogens with one attached hydrogen (secondary N) is 3. The molecule has 0 aliphatic carbocycles. The molecule has 2 rings (SSSR count). The SMILES string of the molecule is COCCNC(=S)Nc1ccc2[nH]c(=O)cc(C(F)(F)F)c2c1. The Balaban J connectivity index is 2.32. The quantitative estimate of drug-likeness (QED) is 0.587. The van der Waals surface area contributed by atoms with Crippen molar-refractivity contribution in [3.05, 3.63) is 40.2 Å². The minimum Gasteiger partial charge on any atom is -0.383 e. The predicted molar refractivity (Wildman–Crippen MR) is 85.7 cm³/mol. The number of halogens is 3. The number of aromatic nitrogens is 1. The molecule has 0 atom stereocenters. The van der Waals surface area contributed by atoms with Crippen LogP contribution in [0.3, 0.4) is 0 Å². The number of aromatic amines is 1. The summed E-state index contributed by atoms with van der Waals surface area (Å²) in [5.41, 5.74) is -1.31. The number of thiocarbonyl (C=S) groups is 1. The fraction of sp³-hybridized carbons (Fsp3) is 0.286. The van der Waals surface area contributed by atoms with E-state index in [0.29, 0.717) is 24.9 Å². The third kappa shape index (κ3) is 4.42. The van der Waals surface area contributed by atoms with Gasteiger partial charge in [0.15, 0.2) is 5.11 Å². The number of anilines is 1. The third-order valence-electron chi connectivity index (χ3n) is 3.00. The van der Waals surface area contributed by atoms with Gasteiger partial charge in [-0.3, -0.25) is 4.79 Å². The standard InChI is InChI=1S/C14H14F3N3O2S/c1-22-5-4-18-13(23)19-8-2-3-11-9(6-8)10(14(15,16)17)7-12(21)20-11/h2-3,6-7H,4-5H2,1H3,(H,20,21)(H2,18,19,23). The van der Waals surface area contributed by atoms with Gasteiger partial charge in [0.05, 0.1) is 12.2 Å². The van der Waals surface area contributed by atoms with Crippen LogP contribution in [0.1, 0.15) is 5.56 Å². The lowest BCUT2D eigenvalue weighted by molar-refractivity contribution is -0.136. The van der Waals surface area contributed by atoms with E-state index >= 15 is 0 Å². The second-order valence-corrected chi connectivity index (χ2v) is 5.09. The number of hydrogen-bond acceptors (Lipinski definition) is 3. The molecule has 3 N–H and O–H groups in total. The molecule has 0 spiro atoms. The van der Waals surface area contributed by atoms with Gasteiger partial charge in [0.25, 0.3) is 0 Å². The molecule has 2 aromatic rings. The Labute approximate surface area is 134 Å². The summed E-state index contributed by atoms with van der Waals surface area (Å²) in [6.45, 7) is 0.913. The Kier molecular flexibility index (Phi) is 5.22. The number of hydrogen-bond donors (Lipinski definition) is 3. The minimum absolute atomic E-state index is 0.105. The van der Waals surface area contributed by atoms with Gasteiger partial charge in [0.2, 0.25) is 5.56 Å². The Morgan fingerprint density at radius 2 is 2.09 bits per heavy atom. The minimum atomic E-state index is -4.62. The van der Waals surface area contributed by atoms with E-state index in [0.717, 1.165) is 0 Å². The Bertz CT molecular complexity index is 774. The molecule has 0 bridgehead atoms. The van der Waals surface area contributed by atoms with Crippen LogP contribution in [0.5, 0.6) is 0 Å². The molecular formula is C14H14F3N3O2S. The van der Waals surface area contributed by atoms with E-state index in [9.17, 15) is 18.0 Å². The normalized spacial score (nSPS) is 11.5. The molecule has 0 fully saturated rings. The van der Waals surface area contributed by atoms with Crippen LogP contribution in [-0.4, -0.2) is 30.4 Å². The highest BCUT2D eigenvalue weighted by Crippen LogP contribution is 2.34. The molecule has 5 nitrogen and oxygen atoms in total. The number of alkyl halides is 3. The van der Waals surface area contributed by atoms with Crippen molar-refractivity contribution in [1.82, 2.24) is 10.3 Å². The molecule has 9 heteroatoms. The molecule has 0 radical (unpaired) electrons. The highest BCUT2D eigenvalue weighted by Gasteiger charge is 2.33. The van der Waals surface area contributed by atoms with Gasteiger partial charge in [0, 0.05) is 36.3 Å². The fourth-order valence-corrected chi connectivity index (χ4v) is 2.23. The number of ether oxygens (including phenoxy) is 1. The predicted octanol–water partition coefficient (Wildman–Crippen LogP) is 2.48. The lowest BCUT2D eigenvalue weighted by Gasteiger charge is -2.13. The van der Waals surface area contributed by atoms with Crippen molar-refractivity contribution in [2.24, 2.45) is 0 Å². The summed E-state index contributed by atoms with van der Waals surface area (Å²) in [6, 6.07) is 4.76. The van der Waals surface area contributed by atoms with E-state index in [1.54, 1.807) is 7.11 Å². The molecular weight excluding hydrogens is 331 g/mol. The van der Waals surface area contributed by atoms with Crippen molar-refractivity contribution in [1.29, 1.82) is 0 Å². The molecule has 0 saturated heterocycles. The number of methoxy groups -OCH3 is 1. The molecule has 1 aromatic carbocycles. The maximum absolute atomic E-state index is 13.1. The van der Waals surface area contributed by atoms with Crippen LogP contribution in [0, 0.1) is 0 Å².